The van der Waals surface area contributed by atoms with Gasteiger partial charge in [-0.25, -0.2) is 4.39 Å². The molecule has 5 heteroatoms. The second-order valence-electron chi connectivity index (χ2n) is 3.72. The van der Waals surface area contributed by atoms with Gasteiger partial charge in [0.1, 0.15) is 5.82 Å². The summed E-state index contributed by atoms with van der Waals surface area (Å²) in [6.45, 7) is 6.24. The number of nitrogens with one attached hydrogen (secondary N) is 1. The van der Waals surface area contributed by atoms with Gasteiger partial charge in [0.05, 0.1) is 4.47 Å². The molecule has 1 aromatic carbocycles. The second-order valence-corrected chi connectivity index (χ2v) is 4.57. The highest BCUT2D eigenvalue weighted by Crippen LogP contribution is 2.16. The molecule has 0 heterocycles. The quantitative estimate of drug-likeness (QED) is 0.747. The molecule has 0 amide bonds. The van der Waals surface area contributed by atoms with Crippen LogP contribution in [0.2, 0.25) is 0 Å². The minimum absolute atomic E-state index is 0.250. The fourth-order valence-corrected chi connectivity index (χ4v) is 1.77. The fourth-order valence-electron chi connectivity index (χ4n) is 1.52. The van der Waals surface area contributed by atoms with Gasteiger partial charge in [-0.1, -0.05) is 6.07 Å². The van der Waals surface area contributed by atoms with Crippen LogP contribution in [0, 0.1) is 5.82 Å². The monoisotopic (exact) mass is 319 g/mol. The number of hydrogen-bond acceptors (Lipinski definition) is 3. The Hall–Kier alpha value is -0.490. The molecular weight excluding hydrogens is 301 g/mol. The molecule has 0 aliphatic rings. The van der Waals surface area contributed by atoms with Crippen LogP contribution in [0.15, 0.2) is 22.7 Å². The van der Waals surface area contributed by atoms with Gasteiger partial charge in [0, 0.05) is 26.3 Å². The van der Waals surface area contributed by atoms with Crippen molar-refractivity contribution < 1.29 is 13.9 Å². The van der Waals surface area contributed by atoms with Gasteiger partial charge in [-0.05, 0) is 47.5 Å². The van der Waals surface area contributed by atoms with Crippen molar-refractivity contribution in [2.75, 3.05) is 19.8 Å². The van der Waals surface area contributed by atoms with Crippen molar-refractivity contribution in [1.82, 2.24) is 5.32 Å². The lowest BCUT2D eigenvalue weighted by Crippen LogP contribution is -2.31. The zero-order valence-electron chi connectivity index (χ0n) is 10.7. The van der Waals surface area contributed by atoms with E-state index in [0.29, 0.717) is 30.8 Å². The average Bonchev–Trinajstić information content (AvgIpc) is 2.34. The van der Waals surface area contributed by atoms with Crippen LogP contribution in [-0.4, -0.2) is 26.0 Å². The summed E-state index contributed by atoms with van der Waals surface area (Å²) in [7, 11) is 0. The number of hydrogen-bond donors (Lipinski definition) is 1. The molecule has 0 aliphatic carbocycles. The third-order valence-corrected chi connectivity index (χ3v) is 2.97. The van der Waals surface area contributed by atoms with E-state index in [1.165, 1.54) is 6.07 Å². The molecule has 18 heavy (non-hydrogen) atoms. The van der Waals surface area contributed by atoms with E-state index in [0.717, 1.165) is 5.56 Å². The fraction of sp³-hybridized carbons (Fsp3) is 0.538. The van der Waals surface area contributed by atoms with E-state index in [2.05, 4.69) is 21.2 Å². The predicted octanol–water partition coefficient (Wildman–Crippen LogP) is 3.08. The van der Waals surface area contributed by atoms with Crippen molar-refractivity contribution in [2.45, 2.75) is 26.7 Å². The summed E-state index contributed by atoms with van der Waals surface area (Å²) < 4.78 is 24.6. The molecule has 0 bridgehead atoms. The highest BCUT2D eigenvalue weighted by atomic mass is 79.9. The molecule has 0 spiro atoms. The minimum Gasteiger partial charge on any atom is -0.352 e. The zero-order valence-corrected chi connectivity index (χ0v) is 12.3. The summed E-state index contributed by atoms with van der Waals surface area (Å²) in [6.07, 6.45) is -0.250. The first-order valence-electron chi connectivity index (χ1n) is 6.05. The third-order valence-electron chi connectivity index (χ3n) is 2.33. The molecule has 0 atom stereocenters. The van der Waals surface area contributed by atoms with Gasteiger partial charge < -0.3 is 14.8 Å². The van der Waals surface area contributed by atoms with Crippen LogP contribution < -0.4 is 5.32 Å². The van der Waals surface area contributed by atoms with Gasteiger partial charge >= 0.3 is 0 Å². The standard InChI is InChI=1S/C13H19BrFNO2/c1-3-17-13(18-4-2)9-16-8-10-5-6-11(14)12(15)7-10/h5-7,13,16H,3-4,8-9H2,1-2H3. The normalized spacial score (nSPS) is 11.2. The van der Waals surface area contributed by atoms with Crippen LogP contribution in [0.3, 0.4) is 0 Å². The Labute approximate surface area is 116 Å². The number of ether oxygens (including phenoxy) is 2. The Morgan fingerprint density at radius 3 is 2.50 bits per heavy atom. The van der Waals surface area contributed by atoms with Crippen LogP contribution in [-0.2, 0) is 16.0 Å². The highest BCUT2D eigenvalue weighted by molar-refractivity contribution is 9.10. The number of rotatable bonds is 8. The zero-order chi connectivity index (χ0) is 13.4. The van der Waals surface area contributed by atoms with E-state index in [4.69, 9.17) is 9.47 Å². The molecule has 0 unspecified atom stereocenters. The van der Waals surface area contributed by atoms with E-state index in [9.17, 15) is 4.39 Å². The highest BCUT2D eigenvalue weighted by Gasteiger charge is 2.07. The Kier molecular flexibility index (Phi) is 7.42. The molecular formula is C13H19BrFNO2. The van der Waals surface area contributed by atoms with Gasteiger partial charge in [0.2, 0.25) is 0 Å². The molecule has 0 saturated carbocycles. The van der Waals surface area contributed by atoms with Crippen LogP contribution in [0.5, 0.6) is 0 Å². The lowest BCUT2D eigenvalue weighted by molar-refractivity contribution is -0.133. The molecule has 1 aromatic rings. The molecule has 0 aromatic heterocycles. The lowest BCUT2D eigenvalue weighted by atomic mass is 10.2. The molecule has 3 nitrogen and oxygen atoms in total. The second kappa shape index (κ2) is 8.58. The SMILES string of the molecule is CCOC(CNCc1ccc(Br)c(F)c1)OCC. The maximum Gasteiger partial charge on any atom is 0.169 e. The maximum absolute atomic E-state index is 13.3. The van der Waals surface area contributed by atoms with Gasteiger partial charge in [-0.2, -0.15) is 0 Å². The Morgan fingerprint density at radius 2 is 1.94 bits per heavy atom. The van der Waals surface area contributed by atoms with E-state index in [-0.39, 0.29) is 12.1 Å². The van der Waals surface area contributed by atoms with E-state index < -0.39 is 0 Å². The van der Waals surface area contributed by atoms with Crippen molar-refractivity contribution >= 4 is 15.9 Å². The van der Waals surface area contributed by atoms with Crippen molar-refractivity contribution in [2.24, 2.45) is 0 Å². The molecule has 0 fully saturated rings. The molecule has 0 radical (unpaired) electrons. The summed E-state index contributed by atoms with van der Waals surface area (Å²) in [5.41, 5.74) is 0.891. The largest absolute Gasteiger partial charge is 0.352 e. The summed E-state index contributed by atoms with van der Waals surface area (Å²) in [6, 6.07) is 5.08. The number of benzene rings is 1. The Bertz CT molecular complexity index is 357. The van der Waals surface area contributed by atoms with E-state index in [1.54, 1.807) is 6.07 Å². The summed E-state index contributed by atoms with van der Waals surface area (Å²) in [4.78, 5) is 0. The first kappa shape index (κ1) is 15.6. The van der Waals surface area contributed by atoms with E-state index >= 15 is 0 Å². The first-order valence-corrected chi connectivity index (χ1v) is 6.84. The van der Waals surface area contributed by atoms with Crippen molar-refractivity contribution in [3.63, 3.8) is 0 Å². The van der Waals surface area contributed by atoms with Crippen molar-refractivity contribution in [3.05, 3.63) is 34.1 Å². The van der Waals surface area contributed by atoms with Gasteiger partial charge in [0.25, 0.3) is 0 Å². The Balaban J connectivity index is 2.37. The number of halogens is 2. The molecule has 0 aliphatic heterocycles. The molecule has 1 rings (SSSR count). The summed E-state index contributed by atoms with van der Waals surface area (Å²) >= 11 is 3.13. The maximum atomic E-state index is 13.3. The lowest BCUT2D eigenvalue weighted by Gasteiger charge is -2.17. The first-order chi connectivity index (χ1) is 8.67. The molecule has 1 N–H and O–H groups in total. The van der Waals surface area contributed by atoms with Crippen LogP contribution >= 0.6 is 15.9 Å². The van der Waals surface area contributed by atoms with Crippen LogP contribution in [0.25, 0.3) is 0 Å². The van der Waals surface area contributed by atoms with Gasteiger partial charge in [0.15, 0.2) is 6.29 Å². The van der Waals surface area contributed by atoms with Crippen molar-refractivity contribution in [3.8, 4) is 0 Å². The topological polar surface area (TPSA) is 30.5 Å². The van der Waals surface area contributed by atoms with Gasteiger partial charge in [-0.3, -0.25) is 0 Å². The minimum atomic E-state index is -0.250. The summed E-state index contributed by atoms with van der Waals surface area (Å²) in [5, 5.41) is 3.19. The summed E-state index contributed by atoms with van der Waals surface area (Å²) in [5.74, 6) is -0.250. The third kappa shape index (κ3) is 5.44. The smallest absolute Gasteiger partial charge is 0.169 e. The van der Waals surface area contributed by atoms with Crippen LogP contribution in [0.4, 0.5) is 4.39 Å². The van der Waals surface area contributed by atoms with E-state index in [1.807, 2.05) is 19.9 Å². The Morgan fingerprint density at radius 1 is 1.28 bits per heavy atom. The predicted molar refractivity (Wildman–Crippen MR) is 72.8 cm³/mol. The van der Waals surface area contributed by atoms with Crippen LogP contribution in [0.1, 0.15) is 19.4 Å². The van der Waals surface area contributed by atoms with Gasteiger partial charge in [-0.15, -0.1) is 0 Å². The van der Waals surface area contributed by atoms with Crippen molar-refractivity contribution in [1.29, 1.82) is 0 Å². The molecule has 102 valence electrons. The average molecular weight is 320 g/mol. The molecule has 0 saturated heterocycles.